The molecule has 3 aromatic rings. The van der Waals surface area contributed by atoms with Gasteiger partial charge in [0.15, 0.2) is 0 Å². The highest BCUT2D eigenvalue weighted by atomic mass is 32.2. The van der Waals surface area contributed by atoms with Gasteiger partial charge in [0.25, 0.3) is 15.9 Å². The zero-order valence-corrected chi connectivity index (χ0v) is 19.5. The van der Waals surface area contributed by atoms with Crippen molar-refractivity contribution in [3.63, 3.8) is 0 Å². The first-order valence-electron chi connectivity index (χ1n) is 10.8. The summed E-state index contributed by atoms with van der Waals surface area (Å²) in [5, 5.41) is 5.51. The van der Waals surface area contributed by atoms with Crippen LogP contribution in [0, 0.1) is 5.82 Å². The molecule has 4 rings (SSSR count). The third-order valence-corrected chi connectivity index (χ3v) is 7.51. The average molecular weight is 482 g/mol. The molecule has 0 aromatic heterocycles. The van der Waals surface area contributed by atoms with Crippen LogP contribution in [-0.4, -0.2) is 32.8 Å². The van der Waals surface area contributed by atoms with Crippen molar-refractivity contribution in [2.75, 3.05) is 16.2 Å². The molecule has 2 N–H and O–H groups in total. The van der Waals surface area contributed by atoms with Crippen molar-refractivity contribution in [1.29, 1.82) is 0 Å². The van der Waals surface area contributed by atoms with Crippen LogP contribution in [0.4, 0.5) is 15.8 Å². The molecule has 34 heavy (non-hydrogen) atoms. The van der Waals surface area contributed by atoms with Gasteiger partial charge in [-0.2, -0.15) is 0 Å². The molecule has 0 saturated heterocycles. The van der Waals surface area contributed by atoms with E-state index >= 15 is 0 Å². The first-order chi connectivity index (χ1) is 16.2. The number of hydrogen-bond donors (Lipinski definition) is 2. The standard InChI is InChI=1S/C25H24FN3O4S/c1-3-16(2)27-25(31)19-9-4-6-10-21(19)28-24(30)15-29-22-13-12-17(26)14-20(22)18-8-5-7-11-23(18)34(29,32)33/h4-14,16H,3,15H2,1-2H3,(H,27,31)(H,28,30)/t16-/m0/s1. The molecular formula is C25H24FN3O4S. The van der Waals surface area contributed by atoms with Crippen LogP contribution in [0.5, 0.6) is 0 Å². The van der Waals surface area contributed by atoms with Crippen molar-refractivity contribution in [3.8, 4) is 11.1 Å². The largest absolute Gasteiger partial charge is 0.350 e. The highest BCUT2D eigenvalue weighted by molar-refractivity contribution is 7.93. The topological polar surface area (TPSA) is 95.6 Å². The summed E-state index contributed by atoms with van der Waals surface area (Å²) in [4.78, 5) is 25.6. The van der Waals surface area contributed by atoms with Crippen LogP contribution < -0.4 is 14.9 Å². The van der Waals surface area contributed by atoms with E-state index in [1.165, 1.54) is 18.2 Å². The number of anilines is 2. The van der Waals surface area contributed by atoms with E-state index in [0.29, 0.717) is 11.1 Å². The number of nitrogens with one attached hydrogen (secondary N) is 2. The average Bonchev–Trinajstić information content (AvgIpc) is 2.82. The van der Waals surface area contributed by atoms with Gasteiger partial charge in [-0.25, -0.2) is 12.8 Å². The number of nitrogens with zero attached hydrogens (tertiary/aromatic N) is 1. The lowest BCUT2D eigenvalue weighted by atomic mass is 10.0. The Labute approximate surface area is 197 Å². The van der Waals surface area contributed by atoms with Crippen LogP contribution in [0.2, 0.25) is 0 Å². The first kappa shape index (κ1) is 23.4. The van der Waals surface area contributed by atoms with E-state index < -0.39 is 28.3 Å². The summed E-state index contributed by atoms with van der Waals surface area (Å²) in [5.74, 6) is -1.49. The van der Waals surface area contributed by atoms with Gasteiger partial charge in [-0.15, -0.1) is 0 Å². The van der Waals surface area contributed by atoms with Gasteiger partial charge in [-0.1, -0.05) is 37.3 Å². The predicted octanol–water partition coefficient (Wildman–Crippen LogP) is 4.17. The van der Waals surface area contributed by atoms with Gasteiger partial charge in [0.2, 0.25) is 5.91 Å². The molecule has 0 saturated carbocycles. The SMILES string of the molecule is CC[C@H](C)NC(=O)c1ccccc1NC(=O)CN1c2ccc(F)cc2-c2ccccc2S1(=O)=O. The lowest BCUT2D eigenvalue weighted by Gasteiger charge is -2.31. The second-order valence-corrected chi connectivity index (χ2v) is 9.88. The molecule has 9 heteroatoms. The number of fused-ring (bicyclic) bond motifs is 3. The molecule has 0 fully saturated rings. The van der Waals surface area contributed by atoms with Gasteiger partial charge >= 0.3 is 0 Å². The summed E-state index contributed by atoms with van der Waals surface area (Å²) >= 11 is 0. The maximum absolute atomic E-state index is 14.0. The van der Waals surface area contributed by atoms with Crippen LogP contribution in [0.1, 0.15) is 30.6 Å². The number of amides is 2. The second-order valence-electron chi connectivity index (χ2n) is 8.05. The molecule has 0 spiro atoms. The number of benzene rings is 3. The maximum atomic E-state index is 14.0. The molecule has 1 atom stereocenters. The highest BCUT2D eigenvalue weighted by Crippen LogP contribution is 2.43. The van der Waals surface area contributed by atoms with Crippen molar-refractivity contribution >= 4 is 33.2 Å². The number of rotatable bonds is 6. The van der Waals surface area contributed by atoms with E-state index in [2.05, 4.69) is 10.6 Å². The molecule has 7 nitrogen and oxygen atoms in total. The molecule has 1 heterocycles. The molecule has 0 unspecified atom stereocenters. The van der Waals surface area contributed by atoms with Crippen molar-refractivity contribution in [2.45, 2.75) is 31.2 Å². The van der Waals surface area contributed by atoms with Gasteiger partial charge in [-0.3, -0.25) is 13.9 Å². The summed E-state index contributed by atoms with van der Waals surface area (Å²) < 4.78 is 41.7. The third-order valence-electron chi connectivity index (χ3n) is 5.70. The van der Waals surface area contributed by atoms with Crippen molar-refractivity contribution in [2.24, 2.45) is 0 Å². The smallest absolute Gasteiger partial charge is 0.265 e. The van der Waals surface area contributed by atoms with E-state index in [4.69, 9.17) is 0 Å². The van der Waals surface area contributed by atoms with Gasteiger partial charge in [0.1, 0.15) is 12.4 Å². The van der Waals surface area contributed by atoms with Crippen LogP contribution in [-0.2, 0) is 14.8 Å². The number of carbonyl (C=O) groups excluding carboxylic acids is 2. The molecule has 176 valence electrons. The fourth-order valence-electron chi connectivity index (χ4n) is 3.79. The van der Waals surface area contributed by atoms with Gasteiger partial charge < -0.3 is 10.6 Å². The Morgan fingerprint density at radius 1 is 1.00 bits per heavy atom. The number of carbonyl (C=O) groups is 2. The zero-order chi connectivity index (χ0) is 24.5. The fourth-order valence-corrected chi connectivity index (χ4v) is 5.44. The summed E-state index contributed by atoms with van der Waals surface area (Å²) in [7, 11) is -4.07. The quantitative estimate of drug-likeness (QED) is 0.553. The molecule has 0 bridgehead atoms. The van der Waals surface area contributed by atoms with E-state index in [1.807, 2.05) is 13.8 Å². The Morgan fingerprint density at radius 3 is 2.47 bits per heavy atom. The summed E-state index contributed by atoms with van der Waals surface area (Å²) in [6, 6.07) is 16.5. The predicted molar refractivity (Wildman–Crippen MR) is 129 cm³/mol. The van der Waals surface area contributed by atoms with E-state index in [-0.39, 0.29) is 33.8 Å². The van der Waals surface area contributed by atoms with Crippen LogP contribution in [0.15, 0.2) is 71.6 Å². The van der Waals surface area contributed by atoms with Crippen LogP contribution >= 0.6 is 0 Å². The Hall–Kier alpha value is -3.72. The molecule has 0 radical (unpaired) electrons. The van der Waals surface area contributed by atoms with E-state index in [1.54, 1.807) is 42.5 Å². The number of sulfonamides is 1. The monoisotopic (exact) mass is 481 g/mol. The number of hydrogen-bond acceptors (Lipinski definition) is 4. The first-order valence-corrected chi connectivity index (χ1v) is 12.3. The minimum atomic E-state index is -4.07. The van der Waals surface area contributed by atoms with Gasteiger partial charge in [0, 0.05) is 17.2 Å². The van der Waals surface area contributed by atoms with Crippen molar-refractivity contribution < 1.29 is 22.4 Å². The maximum Gasteiger partial charge on any atom is 0.265 e. The highest BCUT2D eigenvalue weighted by Gasteiger charge is 2.36. The fraction of sp³-hybridized carbons (Fsp3) is 0.200. The van der Waals surface area contributed by atoms with E-state index in [9.17, 15) is 22.4 Å². The molecule has 1 aliphatic heterocycles. The zero-order valence-electron chi connectivity index (χ0n) is 18.7. The summed E-state index contributed by atoms with van der Waals surface area (Å²) in [5.41, 5.74) is 1.50. The summed E-state index contributed by atoms with van der Waals surface area (Å²) in [6.45, 7) is 3.27. The number of para-hydroxylation sites is 1. The summed E-state index contributed by atoms with van der Waals surface area (Å²) in [6.07, 6.45) is 0.745. The van der Waals surface area contributed by atoms with Crippen LogP contribution in [0.3, 0.4) is 0 Å². The molecule has 3 aromatic carbocycles. The third kappa shape index (κ3) is 4.38. The molecule has 1 aliphatic rings. The van der Waals surface area contributed by atoms with Gasteiger partial charge in [0.05, 0.1) is 21.8 Å². The van der Waals surface area contributed by atoms with Crippen LogP contribution in [0.25, 0.3) is 11.1 Å². The lowest BCUT2D eigenvalue weighted by molar-refractivity contribution is -0.114. The molecule has 2 amide bonds. The lowest BCUT2D eigenvalue weighted by Crippen LogP contribution is -2.40. The van der Waals surface area contributed by atoms with Crippen molar-refractivity contribution in [1.82, 2.24) is 5.32 Å². The normalized spacial score (nSPS) is 14.5. The Morgan fingerprint density at radius 2 is 1.71 bits per heavy atom. The number of halogens is 1. The van der Waals surface area contributed by atoms with Crippen molar-refractivity contribution in [3.05, 3.63) is 78.1 Å². The van der Waals surface area contributed by atoms with Gasteiger partial charge in [-0.05, 0) is 49.7 Å². The second kappa shape index (κ2) is 9.26. The Bertz CT molecular complexity index is 1370. The Balaban J connectivity index is 1.65. The Kier molecular flexibility index (Phi) is 6.39. The molecule has 0 aliphatic carbocycles. The minimum Gasteiger partial charge on any atom is -0.350 e. The molecular weight excluding hydrogens is 457 g/mol. The van der Waals surface area contributed by atoms with E-state index in [0.717, 1.165) is 16.8 Å². The minimum absolute atomic E-state index is 0.00534.